The number of rotatable bonds is 8. The number of amides is 1. The van der Waals surface area contributed by atoms with Crippen molar-refractivity contribution in [3.63, 3.8) is 0 Å². The molecule has 0 saturated heterocycles. The third-order valence-corrected chi connectivity index (χ3v) is 4.16. The van der Waals surface area contributed by atoms with E-state index in [1.165, 1.54) is 0 Å². The van der Waals surface area contributed by atoms with Gasteiger partial charge in [-0.1, -0.05) is 19.9 Å². The molecule has 0 fully saturated rings. The maximum atomic E-state index is 12.3. The van der Waals surface area contributed by atoms with Crippen LogP contribution >= 0.6 is 0 Å². The van der Waals surface area contributed by atoms with Crippen LogP contribution in [0.3, 0.4) is 0 Å². The van der Waals surface area contributed by atoms with Crippen molar-refractivity contribution in [2.45, 2.75) is 33.2 Å². The number of aromatic nitrogens is 1. The monoisotopic (exact) mass is 344 g/mol. The Morgan fingerprint density at radius 1 is 1.20 bits per heavy atom. The minimum Gasteiger partial charge on any atom is -0.493 e. The van der Waals surface area contributed by atoms with Crippen molar-refractivity contribution in [2.75, 3.05) is 13.7 Å². The van der Waals surface area contributed by atoms with E-state index < -0.39 is 0 Å². The van der Waals surface area contributed by atoms with E-state index in [0.29, 0.717) is 24.0 Å². The van der Waals surface area contributed by atoms with Gasteiger partial charge in [-0.2, -0.15) is 0 Å². The van der Waals surface area contributed by atoms with E-state index in [9.17, 15) is 4.79 Å². The summed E-state index contributed by atoms with van der Waals surface area (Å²) in [6.45, 7) is 6.95. The number of hydrogen-bond donors (Lipinski definition) is 1. The first-order valence-corrected chi connectivity index (χ1v) is 8.65. The van der Waals surface area contributed by atoms with E-state index in [2.05, 4.69) is 19.2 Å². The van der Waals surface area contributed by atoms with Gasteiger partial charge in [0.25, 0.3) is 5.91 Å². The minimum absolute atomic E-state index is 0.101. The fraction of sp³-hybridized carbons (Fsp3) is 0.450. The van der Waals surface area contributed by atoms with Crippen LogP contribution in [0.1, 0.15) is 49.3 Å². The van der Waals surface area contributed by atoms with Gasteiger partial charge in [0.05, 0.1) is 19.8 Å². The number of carbonyl (C=O) groups excluding carboxylic acids is 1. The Kier molecular flexibility index (Phi) is 6.51. The van der Waals surface area contributed by atoms with Crippen LogP contribution in [0.25, 0.3) is 0 Å². The quantitative estimate of drug-likeness (QED) is 0.789. The fourth-order valence-electron chi connectivity index (χ4n) is 2.53. The van der Waals surface area contributed by atoms with E-state index >= 15 is 0 Å². The molecule has 2 rings (SSSR count). The molecule has 1 N–H and O–H groups in total. The number of aryl methyl sites for hydroxylation is 1. The average molecular weight is 344 g/mol. The lowest BCUT2D eigenvalue weighted by molar-refractivity contribution is 0.0931. The van der Waals surface area contributed by atoms with Crippen LogP contribution < -0.4 is 14.8 Å². The molecule has 2 aromatic rings. The number of carbonyl (C=O) groups is 1. The van der Waals surface area contributed by atoms with Crippen molar-refractivity contribution in [3.05, 3.63) is 47.8 Å². The highest BCUT2D eigenvalue weighted by atomic mass is 16.5. The molecule has 1 aromatic carbocycles. The third kappa shape index (κ3) is 5.02. The molecule has 0 aliphatic heterocycles. The first-order chi connectivity index (χ1) is 11.9. The summed E-state index contributed by atoms with van der Waals surface area (Å²) in [4.78, 5) is 12.3. The Morgan fingerprint density at radius 3 is 2.56 bits per heavy atom. The van der Waals surface area contributed by atoms with Crippen LogP contribution in [0.4, 0.5) is 0 Å². The molecule has 136 valence electrons. The molecular weight excluding hydrogens is 316 g/mol. The van der Waals surface area contributed by atoms with Gasteiger partial charge in [0, 0.05) is 13.2 Å². The predicted molar refractivity (Wildman–Crippen MR) is 99.2 cm³/mol. The van der Waals surface area contributed by atoms with Crippen LogP contribution in [0.15, 0.2) is 36.5 Å². The molecule has 0 bridgehead atoms. The first-order valence-electron chi connectivity index (χ1n) is 8.65. The summed E-state index contributed by atoms with van der Waals surface area (Å²) in [6, 6.07) is 9.30. The second kappa shape index (κ2) is 8.60. The Bertz CT molecular complexity index is 707. The summed E-state index contributed by atoms with van der Waals surface area (Å²) < 4.78 is 13.1. The highest BCUT2D eigenvalue weighted by molar-refractivity contribution is 5.92. The van der Waals surface area contributed by atoms with Gasteiger partial charge < -0.3 is 19.4 Å². The summed E-state index contributed by atoms with van der Waals surface area (Å²) in [5.41, 5.74) is 1.60. The van der Waals surface area contributed by atoms with Crippen molar-refractivity contribution >= 4 is 5.91 Å². The van der Waals surface area contributed by atoms with Crippen LogP contribution in [-0.2, 0) is 7.05 Å². The zero-order chi connectivity index (χ0) is 18.4. The molecule has 1 heterocycles. The summed E-state index contributed by atoms with van der Waals surface area (Å²) >= 11 is 0. The molecule has 0 radical (unpaired) electrons. The molecule has 0 aliphatic carbocycles. The van der Waals surface area contributed by atoms with Gasteiger partial charge in [0.2, 0.25) is 0 Å². The fourth-order valence-corrected chi connectivity index (χ4v) is 2.53. The Labute approximate surface area is 149 Å². The zero-order valence-corrected chi connectivity index (χ0v) is 15.7. The van der Waals surface area contributed by atoms with Gasteiger partial charge in [-0.15, -0.1) is 0 Å². The third-order valence-electron chi connectivity index (χ3n) is 4.16. The molecule has 5 nitrogen and oxygen atoms in total. The Hall–Kier alpha value is -2.43. The van der Waals surface area contributed by atoms with Gasteiger partial charge in [0.15, 0.2) is 11.5 Å². The molecule has 25 heavy (non-hydrogen) atoms. The molecule has 0 saturated carbocycles. The van der Waals surface area contributed by atoms with Crippen molar-refractivity contribution < 1.29 is 14.3 Å². The largest absolute Gasteiger partial charge is 0.493 e. The van der Waals surface area contributed by atoms with E-state index in [0.717, 1.165) is 17.7 Å². The second-order valence-corrected chi connectivity index (χ2v) is 6.64. The van der Waals surface area contributed by atoms with Gasteiger partial charge in [-0.3, -0.25) is 4.79 Å². The lowest BCUT2D eigenvalue weighted by Gasteiger charge is -2.17. The SMILES string of the molecule is COc1cc([C@H](C)NC(=O)c2cccn2C)ccc1OCCC(C)C. The number of nitrogens with zero attached hydrogens (tertiary/aromatic N) is 1. The van der Waals surface area contributed by atoms with Crippen molar-refractivity contribution in [3.8, 4) is 11.5 Å². The molecule has 1 atom stereocenters. The first kappa shape index (κ1) is 18.9. The lowest BCUT2D eigenvalue weighted by atomic mass is 10.1. The van der Waals surface area contributed by atoms with Crippen molar-refractivity contribution in [1.29, 1.82) is 0 Å². The molecule has 0 unspecified atom stereocenters. The number of ether oxygens (including phenoxy) is 2. The zero-order valence-electron chi connectivity index (χ0n) is 15.7. The smallest absolute Gasteiger partial charge is 0.268 e. The van der Waals surface area contributed by atoms with Crippen LogP contribution in [0.2, 0.25) is 0 Å². The second-order valence-electron chi connectivity index (χ2n) is 6.64. The Morgan fingerprint density at radius 2 is 1.96 bits per heavy atom. The van der Waals surface area contributed by atoms with Gasteiger partial charge in [0.1, 0.15) is 5.69 Å². The van der Waals surface area contributed by atoms with E-state index in [1.54, 1.807) is 17.7 Å². The topological polar surface area (TPSA) is 52.5 Å². The minimum atomic E-state index is -0.138. The number of hydrogen-bond acceptors (Lipinski definition) is 3. The molecule has 1 aromatic heterocycles. The van der Waals surface area contributed by atoms with E-state index in [4.69, 9.17) is 9.47 Å². The highest BCUT2D eigenvalue weighted by Crippen LogP contribution is 2.30. The summed E-state index contributed by atoms with van der Waals surface area (Å²) in [6.07, 6.45) is 2.85. The average Bonchev–Trinajstić information content (AvgIpc) is 3.00. The predicted octanol–water partition coefficient (Wildman–Crippen LogP) is 3.95. The van der Waals surface area contributed by atoms with Crippen LogP contribution in [0.5, 0.6) is 11.5 Å². The standard InChI is InChI=1S/C20H28N2O3/c1-14(2)10-12-25-18-9-8-16(13-19(18)24-5)15(3)21-20(23)17-7-6-11-22(17)4/h6-9,11,13-15H,10,12H2,1-5H3,(H,21,23)/t15-/m0/s1. The van der Waals surface area contributed by atoms with Gasteiger partial charge >= 0.3 is 0 Å². The maximum Gasteiger partial charge on any atom is 0.268 e. The van der Waals surface area contributed by atoms with Crippen molar-refractivity contribution in [2.24, 2.45) is 13.0 Å². The van der Waals surface area contributed by atoms with Crippen LogP contribution in [-0.4, -0.2) is 24.2 Å². The normalized spacial score (nSPS) is 12.1. The maximum absolute atomic E-state index is 12.3. The molecule has 1 amide bonds. The Balaban J connectivity index is 2.05. The van der Waals surface area contributed by atoms with Crippen molar-refractivity contribution in [1.82, 2.24) is 9.88 Å². The van der Waals surface area contributed by atoms with E-state index in [-0.39, 0.29) is 11.9 Å². The number of nitrogens with one attached hydrogen (secondary N) is 1. The lowest BCUT2D eigenvalue weighted by Crippen LogP contribution is -2.28. The molecular formula is C20H28N2O3. The summed E-state index contributed by atoms with van der Waals surface area (Å²) in [7, 11) is 3.48. The molecule has 5 heteroatoms. The summed E-state index contributed by atoms with van der Waals surface area (Å²) in [5.74, 6) is 1.91. The summed E-state index contributed by atoms with van der Waals surface area (Å²) in [5, 5.41) is 3.01. The molecule has 0 spiro atoms. The van der Waals surface area contributed by atoms with Crippen LogP contribution in [0, 0.1) is 5.92 Å². The highest BCUT2D eigenvalue weighted by Gasteiger charge is 2.15. The molecule has 0 aliphatic rings. The number of benzene rings is 1. The number of methoxy groups -OCH3 is 1. The van der Waals surface area contributed by atoms with E-state index in [1.807, 2.05) is 44.4 Å². The van der Waals surface area contributed by atoms with Gasteiger partial charge in [-0.25, -0.2) is 0 Å². The van der Waals surface area contributed by atoms with Gasteiger partial charge in [-0.05, 0) is 49.1 Å².